The number of carbonyl (C=O) groups is 1. The van der Waals surface area contributed by atoms with E-state index < -0.39 is 10.9 Å². The summed E-state index contributed by atoms with van der Waals surface area (Å²) >= 11 is 0. The smallest absolute Gasteiger partial charge is 0.354 e. The molecule has 80 valence electrons. The van der Waals surface area contributed by atoms with Crippen LogP contribution in [0.1, 0.15) is 29.4 Å². The molecule has 6 nitrogen and oxygen atoms in total. The van der Waals surface area contributed by atoms with Crippen molar-refractivity contribution in [1.82, 2.24) is 4.57 Å². The second-order valence-corrected chi connectivity index (χ2v) is 3.47. The molecule has 0 spiro atoms. The first-order valence-corrected chi connectivity index (χ1v) is 4.58. The van der Waals surface area contributed by atoms with Crippen molar-refractivity contribution in [2.24, 2.45) is 0 Å². The average Bonchev–Trinajstić information content (AvgIpc) is 2.96. The molecule has 1 aliphatic rings. The lowest BCUT2D eigenvalue weighted by molar-refractivity contribution is -0.384. The molecule has 15 heavy (non-hydrogen) atoms. The minimum Gasteiger partial charge on any atom is -0.464 e. The molecule has 1 fully saturated rings. The minimum absolute atomic E-state index is 0.0673. The first-order chi connectivity index (χ1) is 7.13. The number of rotatable bonds is 3. The van der Waals surface area contributed by atoms with Gasteiger partial charge in [0.05, 0.1) is 18.2 Å². The maximum absolute atomic E-state index is 11.3. The fourth-order valence-electron chi connectivity index (χ4n) is 1.49. The zero-order valence-electron chi connectivity index (χ0n) is 8.17. The van der Waals surface area contributed by atoms with Gasteiger partial charge in [-0.1, -0.05) is 0 Å². The molecule has 0 saturated heterocycles. The Morgan fingerprint density at radius 1 is 1.67 bits per heavy atom. The van der Waals surface area contributed by atoms with Crippen LogP contribution in [-0.2, 0) is 4.74 Å². The molecule has 0 N–H and O–H groups in total. The first-order valence-electron chi connectivity index (χ1n) is 4.58. The second kappa shape index (κ2) is 3.38. The van der Waals surface area contributed by atoms with Crippen LogP contribution < -0.4 is 0 Å². The van der Waals surface area contributed by atoms with Crippen LogP contribution in [0.15, 0.2) is 12.3 Å². The van der Waals surface area contributed by atoms with E-state index >= 15 is 0 Å². The fraction of sp³-hybridized carbons (Fsp3) is 0.444. The Bertz CT molecular complexity index is 420. The standard InChI is InChI=1S/C9H10N2O4/c1-15-9(12)8-4-7(11(13)14)5-10(8)6-2-3-6/h4-6H,2-3H2,1H3. The predicted octanol–water partition coefficient (Wildman–Crippen LogP) is 1.52. The van der Waals surface area contributed by atoms with E-state index in [0.717, 1.165) is 12.8 Å². The molecule has 1 saturated carbocycles. The zero-order valence-corrected chi connectivity index (χ0v) is 8.17. The summed E-state index contributed by atoms with van der Waals surface area (Å²) < 4.78 is 6.19. The highest BCUT2D eigenvalue weighted by molar-refractivity contribution is 5.88. The maximum atomic E-state index is 11.3. The van der Waals surface area contributed by atoms with Gasteiger partial charge >= 0.3 is 5.97 Å². The van der Waals surface area contributed by atoms with Gasteiger partial charge < -0.3 is 9.30 Å². The third-order valence-electron chi connectivity index (χ3n) is 2.38. The van der Waals surface area contributed by atoms with E-state index in [1.807, 2.05) is 0 Å². The largest absolute Gasteiger partial charge is 0.464 e. The van der Waals surface area contributed by atoms with Crippen molar-refractivity contribution in [2.75, 3.05) is 7.11 Å². The van der Waals surface area contributed by atoms with Crippen molar-refractivity contribution in [3.05, 3.63) is 28.1 Å². The van der Waals surface area contributed by atoms with Gasteiger partial charge in [-0.15, -0.1) is 0 Å². The number of ether oxygens (including phenoxy) is 1. The van der Waals surface area contributed by atoms with E-state index in [0.29, 0.717) is 0 Å². The highest BCUT2D eigenvalue weighted by Crippen LogP contribution is 2.37. The summed E-state index contributed by atoms with van der Waals surface area (Å²) in [5.41, 5.74) is 0.189. The van der Waals surface area contributed by atoms with Crippen molar-refractivity contribution in [2.45, 2.75) is 18.9 Å². The van der Waals surface area contributed by atoms with Crippen LogP contribution in [0.4, 0.5) is 5.69 Å². The van der Waals surface area contributed by atoms with Gasteiger partial charge in [0, 0.05) is 12.1 Å². The van der Waals surface area contributed by atoms with E-state index in [4.69, 9.17) is 0 Å². The van der Waals surface area contributed by atoms with Gasteiger partial charge in [-0.2, -0.15) is 0 Å². The van der Waals surface area contributed by atoms with Gasteiger partial charge in [0.2, 0.25) is 0 Å². The molecular formula is C9H10N2O4. The number of aromatic nitrogens is 1. The fourth-order valence-corrected chi connectivity index (χ4v) is 1.49. The Kier molecular flexibility index (Phi) is 2.18. The number of carbonyl (C=O) groups excluding carboxylic acids is 1. The summed E-state index contributed by atoms with van der Waals surface area (Å²) in [6, 6.07) is 1.47. The Balaban J connectivity index is 2.41. The second-order valence-electron chi connectivity index (χ2n) is 3.47. The summed E-state index contributed by atoms with van der Waals surface area (Å²) in [5, 5.41) is 10.6. The van der Waals surface area contributed by atoms with Gasteiger partial charge in [-0.05, 0) is 12.8 Å². The monoisotopic (exact) mass is 210 g/mol. The number of hydrogen-bond acceptors (Lipinski definition) is 4. The molecule has 1 aromatic heterocycles. The van der Waals surface area contributed by atoms with Crippen LogP contribution >= 0.6 is 0 Å². The number of esters is 1. The zero-order chi connectivity index (χ0) is 11.0. The van der Waals surface area contributed by atoms with Gasteiger partial charge in [-0.3, -0.25) is 10.1 Å². The number of methoxy groups -OCH3 is 1. The van der Waals surface area contributed by atoms with Crippen LogP contribution in [0.5, 0.6) is 0 Å². The van der Waals surface area contributed by atoms with Gasteiger partial charge in [0.25, 0.3) is 5.69 Å². The predicted molar refractivity (Wildman–Crippen MR) is 50.7 cm³/mol. The number of nitro groups is 1. The highest BCUT2D eigenvalue weighted by atomic mass is 16.6. The topological polar surface area (TPSA) is 74.4 Å². The molecular weight excluding hydrogens is 200 g/mol. The van der Waals surface area contributed by atoms with Gasteiger partial charge in [0.1, 0.15) is 5.69 Å². The van der Waals surface area contributed by atoms with Crippen molar-refractivity contribution in [3.63, 3.8) is 0 Å². The number of nitrogens with zero attached hydrogens (tertiary/aromatic N) is 2. The van der Waals surface area contributed by atoms with E-state index in [1.54, 1.807) is 4.57 Å². The molecule has 0 aromatic carbocycles. The van der Waals surface area contributed by atoms with Gasteiger partial charge in [-0.25, -0.2) is 4.79 Å². The third kappa shape index (κ3) is 1.70. The van der Waals surface area contributed by atoms with Crippen LogP contribution in [-0.4, -0.2) is 22.6 Å². The molecule has 0 aliphatic heterocycles. The quantitative estimate of drug-likeness (QED) is 0.430. The molecule has 1 aliphatic carbocycles. The van der Waals surface area contributed by atoms with E-state index in [2.05, 4.69) is 4.74 Å². The molecule has 0 amide bonds. The summed E-state index contributed by atoms with van der Waals surface area (Å²) in [5.74, 6) is -0.532. The lowest BCUT2D eigenvalue weighted by Gasteiger charge is -2.03. The Morgan fingerprint density at radius 2 is 2.33 bits per heavy atom. The summed E-state index contributed by atoms with van der Waals surface area (Å²) in [4.78, 5) is 21.4. The van der Waals surface area contributed by atoms with Crippen LogP contribution in [0.3, 0.4) is 0 Å². The molecule has 6 heteroatoms. The van der Waals surface area contributed by atoms with Crippen LogP contribution in [0, 0.1) is 10.1 Å². The molecule has 2 rings (SSSR count). The average molecular weight is 210 g/mol. The molecule has 0 radical (unpaired) electrons. The summed E-state index contributed by atoms with van der Waals surface area (Å²) in [6.07, 6.45) is 3.30. The number of hydrogen-bond donors (Lipinski definition) is 0. The summed E-state index contributed by atoms with van der Waals surface area (Å²) in [7, 11) is 1.26. The van der Waals surface area contributed by atoms with Crippen molar-refractivity contribution >= 4 is 11.7 Å². The van der Waals surface area contributed by atoms with Crippen LogP contribution in [0.25, 0.3) is 0 Å². The Morgan fingerprint density at radius 3 is 2.80 bits per heavy atom. The summed E-state index contributed by atoms with van der Waals surface area (Å²) in [6.45, 7) is 0. The van der Waals surface area contributed by atoms with Crippen molar-refractivity contribution in [3.8, 4) is 0 Å². The maximum Gasteiger partial charge on any atom is 0.354 e. The van der Waals surface area contributed by atoms with E-state index in [9.17, 15) is 14.9 Å². The molecule has 0 bridgehead atoms. The van der Waals surface area contributed by atoms with Gasteiger partial charge in [0.15, 0.2) is 0 Å². The van der Waals surface area contributed by atoms with Crippen molar-refractivity contribution < 1.29 is 14.5 Å². The Labute approximate surface area is 85.6 Å². The SMILES string of the molecule is COC(=O)c1cc([N+](=O)[O-])cn1C1CC1. The molecule has 1 aromatic rings. The minimum atomic E-state index is -0.532. The van der Waals surface area contributed by atoms with E-state index in [1.165, 1.54) is 19.4 Å². The van der Waals surface area contributed by atoms with Crippen LogP contribution in [0.2, 0.25) is 0 Å². The normalized spacial score (nSPS) is 15.0. The molecule has 0 unspecified atom stereocenters. The first kappa shape index (κ1) is 9.70. The lowest BCUT2D eigenvalue weighted by atomic mass is 10.4. The van der Waals surface area contributed by atoms with Crippen molar-refractivity contribution in [1.29, 1.82) is 0 Å². The molecule has 1 heterocycles. The Hall–Kier alpha value is -1.85. The lowest BCUT2D eigenvalue weighted by Crippen LogP contribution is -2.08. The molecule has 0 atom stereocenters. The van der Waals surface area contributed by atoms with E-state index in [-0.39, 0.29) is 17.4 Å². The highest BCUT2D eigenvalue weighted by Gasteiger charge is 2.30. The third-order valence-corrected chi connectivity index (χ3v) is 2.38.